The molecule has 1 nitrogen and oxygen atoms in total. The predicted molar refractivity (Wildman–Crippen MR) is 67.3 cm³/mol. The first-order valence-electron chi connectivity index (χ1n) is 4.06. The van der Waals surface area contributed by atoms with Crippen molar-refractivity contribution in [3.05, 3.63) is 52.1 Å². The lowest BCUT2D eigenvalue weighted by atomic mass is 10.1. The second kappa shape index (κ2) is 3.87. The number of halogens is 1. The number of nitrogen functional groups attached to an aromatic ring is 1. The Morgan fingerprint density at radius 2 is 1.92 bits per heavy atom. The van der Waals surface area contributed by atoms with E-state index in [1.165, 1.54) is 9.07 Å². The van der Waals surface area contributed by atoms with Crippen LogP contribution in [0.15, 0.2) is 46.6 Å². The lowest BCUT2D eigenvalue weighted by Crippen LogP contribution is -1.99. The highest BCUT2D eigenvalue weighted by Gasteiger charge is 2.02. The van der Waals surface area contributed by atoms with Gasteiger partial charge in [-0.25, -0.2) is 0 Å². The molecule has 1 aliphatic rings. The fraction of sp³-hybridized carbons (Fsp3) is 0. The Labute approximate surface area is 87.7 Å². The summed E-state index contributed by atoms with van der Waals surface area (Å²) in [4.78, 5) is 0. The fourth-order valence-electron chi connectivity index (χ4n) is 1.19. The number of hydrogen-bond acceptors (Lipinski definition) is 1. The number of hydrogen-bond donors (Lipinski definition) is 1. The predicted octanol–water partition coefficient (Wildman–Crippen LogP) is 2.84. The Morgan fingerprint density at radius 3 is 2.62 bits per heavy atom. The van der Waals surface area contributed by atoms with Crippen LogP contribution < -0.4 is 5.73 Å². The van der Waals surface area contributed by atoms with Gasteiger partial charge in [-0.2, -0.15) is 0 Å². The topological polar surface area (TPSA) is 26.0 Å². The van der Waals surface area contributed by atoms with Crippen molar-refractivity contribution in [2.45, 2.75) is 0 Å². The minimum atomic E-state index is 0.0227. The maximum atomic E-state index is 5.89. The van der Waals surface area contributed by atoms with Gasteiger partial charge in [-0.15, -0.1) is 0 Å². The van der Waals surface area contributed by atoms with Crippen LogP contribution in [0.25, 0.3) is 0 Å². The molecule has 0 saturated heterocycles. The van der Waals surface area contributed by atoms with Crippen molar-refractivity contribution in [3.63, 3.8) is 0 Å². The third kappa shape index (κ3) is 1.88. The Balaban J connectivity index is 2.47. The molecule has 0 amide bonds. The van der Waals surface area contributed by atoms with Crippen LogP contribution in [0.5, 0.6) is 0 Å². The van der Waals surface area contributed by atoms with Gasteiger partial charge in [-0.3, -0.25) is 0 Å². The molecule has 0 aromatic heterocycles. The molecular weight excluding hydrogens is 273 g/mol. The van der Waals surface area contributed by atoms with E-state index < -0.39 is 0 Å². The van der Waals surface area contributed by atoms with Gasteiger partial charge in [0.15, 0.2) is 0 Å². The van der Waals surface area contributed by atoms with Gasteiger partial charge < -0.3 is 5.73 Å². The van der Waals surface area contributed by atoms with Gasteiger partial charge in [-0.1, -0.05) is 51.1 Å². The fourth-order valence-corrected chi connectivity index (χ4v) is 3.26. The van der Waals surface area contributed by atoms with Crippen LogP contribution >= 0.6 is 20.7 Å². The molecule has 0 fully saturated rings. The summed E-state index contributed by atoms with van der Waals surface area (Å²) in [6, 6.07) is 8.06. The summed E-state index contributed by atoms with van der Waals surface area (Å²) >= 11 is 0.0227. The lowest BCUT2D eigenvalue weighted by molar-refractivity contribution is 1.65. The SMILES string of the molecule is Nc1ccccc1C1=IC=CC=C1. The van der Waals surface area contributed by atoms with Gasteiger partial charge in [0.1, 0.15) is 0 Å². The van der Waals surface area contributed by atoms with Crippen LogP contribution in [-0.2, 0) is 0 Å². The first kappa shape index (κ1) is 8.69. The van der Waals surface area contributed by atoms with Gasteiger partial charge in [0, 0.05) is 14.8 Å². The second-order valence-electron chi connectivity index (χ2n) is 2.72. The van der Waals surface area contributed by atoms with E-state index in [1.54, 1.807) is 0 Å². The summed E-state index contributed by atoms with van der Waals surface area (Å²) in [5.74, 6) is 0. The van der Waals surface area contributed by atoms with Gasteiger partial charge in [0.25, 0.3) is 0 Å². The second-order valence-corrected chi connectivity index (χ2v) is 5.23. The minimum Gasteiger partial charge on any atom is -0.398 e. The van der Waals surface area contributed by atoms with Crippen LogP contribution in [0, 0.1) is 0 Å². The van der Waals surface area contributed by atoms with Crippen LogP contribution in [0.4, 0.5) is 5.69 Å². The molecule has 0 bridgehead atoms. The number of para-hydroxylation sites is 1. The molecule has 2 N–H and O–H groups in total. The molecule has 66 valence electrons. The van der Waals surface area contributed by atoms with Crippen molar-refractivity contribution in [3.8, 4) is 0 Å². The van der Waals surface area contributed by atoms with Crippen molar-refractivity contribution in [1.29, 1.82) is 0 Å². The summed E-state index contributed by atoms with van der Waals surface area (Å²) in [5, 5.41) is 0. The van der Waals surface area contributed by atoms with E-state index in [2.05, 4.69) is 28.4 Å². The zero-order valence-corrected chi connectivity index (χ0v) is 9.23. The minimum absolute atomic E-state index is 0.0227. The van der Waals surface area contributed by atoms with Crippen LogP contribution in [0.1, 0.15) is 5.56 Å². The summed E-state index contributed by atoms with van der Waals surface area (Å²) in [7, 11) is 0. The molecule has 0 atom stereocenters. The first-order valence-corrected chi connectivity index (χ1v) is 6.39. The van der Waals surface area contributed by atoms with E-state index in [0.29, 0.717) is 0 Å². The number of anilines is 1. The third-order valence-electron chi connectivity index (χ3n) is 1.83. The van der Waals surface area contributed by atoms with E-state index in [0.717, 1.165) is 5.69 Å². The monoisotopic (exact) mass is 283 g/mol. The number of rotatable bonds is 1. The molecule has 1 heterocycles. The Morgan fingerprint density at radius 1 is 1.08 bits per heavy atom. The molecule has 1 aliphatic heterocycles. The molecule has 0 spiro atoms. The molecule has 0 saturated carbocycles. The van der Waals surface area contributed by atoms with Gasteiger partial charge in [0.05, 0.1) is 0 Å². The van der Waals surface area contributed by atoms with Crippen molar-refractivity contribution in [2.24, 2.45) is 0 Å². The van der Waals surface area contributed by atoms with Crippen LogP contribution in [0.2, 0.25) is 0 Å². The molecule has 2 heteroatoms. The third-order valence-corrected chi connectivity index (χ3v) is 4.21. The van der Waals surface area contributed by atoms with E-state index in [9.17, 15) is 0 Å². The number of allylic oxidation sites excluding steroid dienone is 3. The van der Waals surface area contributed by atoms with E-state index in [4.69, 9.17) is 5.73 Å². The highest BCUT2D eigenvalue weighted by atomic mass is 127. The van der Waals surface area contributed by atoms with Crippen molar-refractivity contribution < 1.29 is 0 Å². The largest absolute Gasteiger partial charge is 0.398 e. The smallest absolute Gasteiger partial charge is 0.0398 e. The van der Waals surface area contributed by atoms with Gasteiger partial charge >= 0.3 is 0 Å². The molecular formula is C11H10IN. The zero-order valence-electron chi connectivity index (χ0n) is 7.07. The molecule has 0 unspecified atom stereocenters. The summed E-state index contributed by atoms with van der Waals surface area (Å²) in [5.41, 5.74) is 7.98. The first-order chi connectivity index (χ1) is 6.38. The Bertz CT molecular complexity index is 402. The Kier molecular flexibility index (Phi) is 2.59. The molecule has 1 aromatic rings. The average molecular weight is 283 g/mol. The van der Waals surface area contributed by atoms with E-state index in [1.807, 2.05) is 18.2 Å². The summed E-state index contributed by atoms with van der Waals surface area (Å²) < 4.78 is 3.65. The molecule has 13 heavy (non-hydrogen) atoms. The van der Waals surface area contributed by atoms with Crippen molar-refractivity contribution in [1.82, 2.24) is 0 Å². The number of nitrogens with two attached hydrogens (primary N) is 1. The van der Waals surface area contributed by atoms with E-state index >= 15 is 0 Å². The standard InChI is InChI=1S/C11H10IN/c13-11-7-2-1-5-9(11)10-6-3-4-8-12-10/h1-8H,13H2. The maximum absolute atomic E-state index is 5.89. The van der Waals surface area contributed by atoms with Crippen molar-refractivity contribution in [2.75, 3.05) is 5.73 Å². The normalized spacial score (nSPS) is 14.9. The summed E-state index contributed by atoms with van der Waals surface area (Å²) in [6.45, 7) is 0. The number of benzene rings is 1. The molecule has 0 aliphatic carbocycles. The molecule has 2 rings (SSSR count). The van der Waals surface area contributed by atoms with Gasteiger partial charge in [-0.05, 0) is 16.2 Å². The molecule has 1 aromatic carbocycles. The average Bonchev–Trinajstić information content (AvgIpc) is 2.20. The van der Waals surface area contributed by atoms with E-state index in [-0.39, 0.29) is 20.7 Å². The lowest BCUT2D eigenvalue weighted by Gasteiger charge is -2.05. The zero-order chi connectivity index (χ0) is 9.10. The van der Waals surface area contributed by atoms with Crippen LogP contribution in [0.3, 0.4) is 0 Å². The van der Waals surface area contributed by atoms with Crippen molar-refractivity contribution >= 4 is 29.9 Å². The quantitative estimate of drug-likeness (QED) is 0.622. The summed E-state index contributed by atoms with van der Waals surface area (Å²) in [6.07, 6.45) is 6.35. The highest BCUT2D eigenvalue weighted by Crippen LogP contribution is 2.20. The maximum Gasteiger partial charge on any atom is 0.0398 e. The Hall–Kier alpha value is -0.900. The highest BCUT2D eigenvalue weighted by molar-refractivity contribution is 14.2. The molecule has 0 radical (unpaired) electrons. The van der Waals surface area contributed by atoms with Crippen LogP contribution in [-0.4, -0.2) is 3.51 Å². The van der Waals surface area contributed by atoms with Gasteiger partial charge in [0.2, 0.25) is 0 Å².